The summed E-state index contributed by atoms with van der Waals surface area (Å²) in [5.41, 5.74) is 1.37. The van der Waals surface area contributed by atoms with Crippen LogP contribution in [0.4, 0.5) is 16.3 Å². The number of anilines is 2. The molecule has 1 saturated heterocycles. The van der Waals surface area contributed by atoms with Crippen molar-refractivity contribution in [3.05, 3.63) is 53.2 Å². The van der Waals surface area contributed by atoms with Crippen LogP contribution in [0.3, 0.4) is 0 Å². The maximum absolute atomic E-state index is 12.3. The van der Waals surface area contributed by atoms with Crippen molar-refractivity contribution in [2.75, 3.05) is 25.0 Å². The first-order chi connectivity index (χ1) is 12.8. The summed E-state index contributed by atoms with van der Waals surface area (Å²) in [6.07, 6.45) is 1.20. The maximum Gasteiger partial charge on any atom is 0.410 e. The van der Waals surface area contributed by atoms with Crippen LogP contribution >= 0.6 is 11.6 Å². The lowest BCUT2D eigenvalue weighted by molar-refractivity contribution is -0.0432. The summed E-state index contributed by atoms with van der Waals surface area (Å²) < 4.78 is 11.3. The number of rotatable bonds is 3. The summed E-state index contributed by atoms with van der Waals surface area (Å²) in [5, 5.41) is 3.75. The molecule has 2 aromatic rings. The second-order valence-corrected chi connectivity index (χ2v) is 7.77. The van der Waals surface area contributed by atoms with E-state index < -0.39 is 5.60 Å². The molecule has 6 nitrogen and oxygen atoms in total. The summed E-state index contributed by atoms with van der Waals surface area (Å²) in [5.74, 6) is 0.608. The molecule has 1 fully saturated rings. The Hall–Kier alpha value is -2.31. The number of pyridine rings is 1. The van der Waals surface area contributed by atoms with Crippen molar-refractivity contribution in [3.63, 3.8) is 0 Å². The number of aromatic nitrogens is 1. The third-order valence-corrected chi connectivity index (χ3v) is 4.33. The number of carbonyl (C=O) groups is 1. The van der Waals surface area contributed by atoms with E-state index in [4.69, 9.17) is 21.1 Å². The Bertz CT molecular complexity index is 790. The summed E-state index contributed by atoms with van der Waals surface area (Å²) >= 11 is 6.12. The van der Waals surface area contributed by atoms with Crippen LogP contribution in [0.5, 0.6) is 0 Å². The fourth-order valence-corrected chi connectivity index (χ4v) is 2.91. The first-order valence-corrected chi connectivity index (χ1v) is 9.27. The van der Waals surface area contributed by atoms with Gasteiger partial charge in [0.05, 0.1) is 18.2 Å². The Morgan fingerprint density at radius 1 is 1.30 bits per heavy atom. The first kappa shape index (κ1) is 19.5. The molecule has 1 N–H and O–H groups in total. The minimum Gasteiger partial charge on any atom is -0.444 e. The van der Waals surface area contributed by atoms with E-state index in [1.165, 1.54) is 0 Å². The number of benzene rings is 1. The molecule has 7 heteroatoms. The molecule has 2 heterocycles. The fourth-order valence-electron chi connectivity index (χ4n) is 2.74. The minimum absolute atomic E-state index is 0.182. The quantitative estimate of drug-likeness (QED) is 0.817. The van der Waals surface area contributed by atoms with Gasteiger partial charge in [-0.05, 0) is 50.6 Å². The van der Waals surface area contributed by atoms with Gasteiger partial charge in [-0.1, -0.05) is 23.7 Å². The highest BCUT2D eigenvalue weighted by atomic mass is 35.5. The largest absolute Gasteiger partial charge is 0.444 e. The average molecular weight is 390 g/mol. The van der Waals surface area contributed by atoms with Crippen molar-refractivity contribution in [3.8, 4) is 0 Å². The van der Waals surface area contributed by atoms with E-state index in [1.807, 2.05) is 45.0 Å². The van der Waals surface area contributed by atoms with Gasteiger partial charge in [0.2, 0.25) is 0 Å². The lowest BCUT2D eigenvalue weighted by Gasteiger charge is -2.34. The van der Waals surface area contributed by atoms with Crippen LogP contribution in [0.2, 0.25) is 5.02 Å². The molecular weight excluding hydrogens is 366 g/mol. The number of ether oxygens (including phenoxy) is 2. The predicted molar refractivity (Wildman–Crippen MR) is 105 cm³/mol. The number of carbonyl (C=O) groups excluding carboxylic acids is 1. The van der Waals surface area contributed by atoms with E-state index in [2.05, 4.69) is 10.3 Å². The van der Waals surface area contributed by atoms with Crippen molar-refractivity contribution in [2.45, 2.75) is 32.5 Å². The minimum atomic E-state index is -0.509. The summed E-state index contributed by atoms with van der Waals surface area (Å²) in [4.78, 5) is 18.2. The molecule has 0 saturated carbocycles. The van der Waals surface area contributed by atoms with E-state index >= 15 is 0 Å². The molecule has 0 spiro atoms. The molecule has 0 aliphatic carbocycles. The van der Waals surface area contributed by atoms with E-state index in [-0.39, 0.29) is 12.2 Å². The normalized spacial score (nSPS) is 17.5. The van der Waals surface area contributed by atoms with Gasteiger partial charge >= 0.3 is 6.09 Å². The number of hydrogen-bond donors (Lipinski definition) is 1. The highest BCUT2D eigenvalue weighted by Crippen LogP contribution is 2.27. The lowest BCUT2D eigenvalue weighted by atomic mass is 10.1. The standard InChI is InChI=1S/C20H24ClN3O3/c1-20(2,3)27-19(25)24-11-12-26-17(13-24)14-6-8-15(9-7-14)23-18-16(21)5-4-10-22-18/h4-10,17H,11-13H2,1-3H3,(H,22,23). The van der Waals surface area contributed by atoms with Gasteiger partial charge in [0.1, 0.15) is 17.5 Å². The van der Waals surface area contributed by atoms with E-state index in [0.29, 0.717) is 30.5 Å². The second-order valence-electron chi connectivity index (χ2n) is 7.37. The van der Waals surface area contributed by atoms with Gasteiger partial charge in [0.25, 0.3) is 0 Å². The smallest absolute Gasteiger partial charge is 0.410 e. The Morgan fingerprint density at radius 2 is 2.04 bits per heavy atom. The third-order valence-electron chi connectivity index (χ3n) is 4.02. The topological polar surface area (TPSA) is 63.7 Å². The molecule has 0 radical (unpaired) electrons. The van der Waals surface area contributed by atoms with Crippen molar-refractivity contribution in [1.29, 1.82) is 0 Å². The SMILES string of the molecule is CC(C)(C)OC(=O)N1CCOC(c2ccc(Nc3ncccc3Cl)cc2)C1. The molecule has 1 atom stereocenters. The number of morpholine rings is 1. The number of halogens is 1. The van der Waals surface area contributed by atoms with Gasteiger partial charge in [-0.2, -0.15) is 0 Å². The van der Waals surface area contributed by atoms with Gasteiger partial charge in [-0.3, -0.25) is 0 Å². The van der Waals surface area contributed by atoms with Crippen LogP contribution in [0.25, 0.3) is 0 Å². The summed E-state index contributed by atoms with van der Waals surface area (Å²) in [7, 11) is 0. The number of hydrogen-bond acceptors (Lipinski definition) is 5. The highest BCUT2D eigenvalue weighted by Gasteiger charge is 2.28. The number of nitrogens with one attached hydrogen (secondary N) is 1. The zero-order valence-electron chi connectivity index (χ0n) is 15.7. The zero-order chi connectivity index (χ0) is 19.4. The average Bonchev–Trinajstić information content (AvgIpc) is 2.63. The van der Waals surface area contributed by atoms with E-state index in [9.17, 15) is 4.79 Å². The molecule has 27 heavy (non-hydrogen) atoms. The molecule has 144 valence electrons. The Kier molecular flexibility index (Phi) is 5.87. The van der Waals surface area contributed by atoms with Crippen LogP contribution in [-0.2, 0) is 9.47 Å². The van der Waals surface area contributed by atoms with Gasteiger partial charge in [-0.15, -0.1) is 0 Å². The highest BCUT2D eigenvalue weighted by molar-refractivity contribution is 6.33. The molecule has 1 unspecified atom stereocenters. The van der Waals surface area contributed by atoms with Gasteiger partial charge in [0, 0.05) is 18.4 Å². The molecule has 1 aromatic heterocycles. The Labute approximate surface area is 164 Å². The van der Waals surface area contributed by atoms with Crippen LogP contribution in [-0.4, -0.2) is 41.3 Å². The number of amides is 1. The Morgan fingerprint density at radius 3 is 2.70 bits per heavy atom. The van der Waals surface area contributed by atoms with Crippen LogP contribution in [0.15, 0.2) is 42.6 Å². The van der Waals surface area contributed by atoms with Gasteiger partial charge in [0.15, 0.2) is 0 Å². The van der Waals surface area contributed by atoms with Gasteiger partial charge in [-0.25, -0.2) is 9.78 Å². The van der Waals surface area contributed by atoms with Gasteiger partial charge < -0.3 is 19.7 Å². The monoisotopic (exact) mass is 389 g/mol. The summed E-state index contributed by atoms with van der Waals surface area (Å²) in [6.45, 7) is 7.07. The fraction of sp³-hybridized carbons (Fsp3) is 0.400. The van der Waals surface area contributed by atoms with Crippen LogP contribution < -0.4 is 5.32 Å². The van der Waals surface area contributed by atoms with E-state index in [1.54, 1.807) is 23.2 Å². The molecule has 1 aliphatic heterocycles. The second kappa shape index (κ2) is 8.15. The van der Waals surface area contributed by atoms with Crippen LogP contribution in [0, 0.1) is 0 Å². The molecular formula is C20H24ClN3O3. The maximum atomic E-state index is 12.3. The molecule has 1 aliphatic rings. The van der Waals surface area contributed by atoms with Crippen molar-refractivity contribution in [1.82, 2.24) is 9.88 Å². The predicted octanol–water partition coefficient (Wildman–Crippen LogP) is 4.79. The molecule has 3 rings (SSSR count). The van der Waals surface area contributed by atoms with Crippen molar-refractivity contribution >= 4 is 29.2 Å². The first-order valence-electron chi connectivity index (χ1n) is 8.89. The third kappa shape index (κ3) is 5.34. The lowest BCUT2D eigenvalue weighted by Crippen LogP contribution is -2.44. The van der Waals surface area contributed by atoms with E-state index in [0.717, 1.165) is 11.3 Å². The van der Waals surface area contributed by atoms with Crippen molar-refractivity contribution < 1.29 is 14.3 Å². The molecule has 1 aromatic carbocycles. The van der Waals surface area contributed by atoms with Crippen molar-refractivity contribution in [2.24, 2.45) is 0 Å². The Balaban J connectivity index is 1.64. The molecule has 0 bridgehead atoms. The number of nitrogens with zero attached hydrogens (tertiary/aromatic N) is 2. The summed E-state index contributed by atoms with van der Waals surface area (Å²) in [6, 6.07) is 11.4. The molecule has 1 amide bonds. The zero-order valence-corrected chi connectivity index (χ0v) is 16.5. The van der Waals surface area contributed by atoms with Crippen LogP contribution in [0.1, 0.15) is 32.4 Å².